The third-order valence-electron chi connectivity index (χ3n) is 7.97. The summed E-state index contributed by atoms with van der Waals surface area (Å²) in [5.41, 5.74) is 1.09. The lowest BCUT2D eigenvalue weighted by molar-refractivity contribution is -0.144. The van der Waals surface area contributed by atoms with Crippen LogP contribution < -0.4 is 5.32 Å². The number of amides is 2. The minimum absolute atomic E-state index is 0.0164. The van der Waals surface area contributed by atoms with Crippen molar-refractivity contribution in [1.82, 2.24) is 25.2 Å². The lowest BCUT2D eigenvalue weighted by Gasteiger charge is -2.37. The maximum absolute atomic E-state index is 13.3. The van der Waals surface area contributed by atoms with E-state index in [9.17, 15) is 9.59 Å². The summed E-state index contributed by atoms with van der Waals surface area (Å²) in [5.74, 6) is 0.366. The van der Waals surface area contributed by atoms with Gasteiger partial charge in [0.05, 0.1) is 31.9 Å². The lowest BCUT2D eigenvalue weighted by Crippen LogP contribution is -2.48. The molecule has 5 rings (SSSR count). The topological polar surface area (TPSA) is 98.6 Å². The van der Waals surface area contributed by atoms with E-state index in [4.69, 9.17) is 9.47 Å². The number of hydrogen-bond acceptors (Lipinski definition) is 6. The first-order chi connectivity index (χ1) is 15.5. The smallest absolute Gasteiger partial charge is 0.228 e. The highest BCUT2D eigenvalue weighted by atomic mass is 16.5. The Morgan fingerprint density at radius 3 is 2.69 bits per heavy atom. The number of carbonyl (C=O) groups is 2. The molecule has 4 heterocycles. The Bertz CT molecular complexity index is 859. The normalized spacial score (nSPS) is 28.0. The summed E-state index contributed by atoms with van der Waals surface area (Å²) < 4.78 is 13.6. The van der Waals surface area contributed by atoms with Gasteiger partial charge in [-0.2, -0.15) is 0 Å². The van der Waals surface area contributed by atoms with Gasteiger partial charge in [-0.15, -0.1) is 5.10 Å². The number of nitrogens with one attached hydrogen (secondary N) is 1. The number of nitrogens with zero attached hydrogens (tertiary/aromatic N) is 4. The Labute approximate surface area is 189 Å². The van der Waals surface area contributed by atoms with Crippen molar-refractivity contribution in [1.29, 1.82) is 0 Å². The second-order valence-electron chi connectivity index (χ2n) is 10.3. The minimum Gasteiger partial charge on any atom is -0.381 e. The number of hydrogen-bond donors (Lipinski definition) is 1. The van der Waals surface area contributed by atoms with Crippen LogP contribution in [0.5, 0.6) is 0 Å². The molecule has 2 amide bonds. The van der Waals surface area contributed by atoms with Gasteiger partial charge in [0.25, 0.3) is 0 Å². The van der Waals surface area contributed by atoms with Crippen LogP contribution >= 0.6 is 0 Å². The molecule has 1 spiro atoms. The van der Waals surface area contributed by atoms with E-state index in [2.05, 4.69) is 22.6 Å². The SMILES string of the molecule is CC1(C(=O)N2CCC3(C2)Cn2nnc(CNC(=O)C4CCOCC4)c2CO3)CCCCC1. The molecule has 1 atom stereocenters. The second kappa shape index (κ2) is 8.74. The Balaban J connectivity index is 1.19. The number of ether oxygens (including phenoxy) is 2. The summed E-state index contributed by atoms with van der Waals surface area (Å²) in [6, 6.07) is 0. The molecule has 1 N–H and O–H groups in total. The van der Waals surface area contributed by atoms with E-state index in [0.29, 0.717) is 45.4 Å². The number of fused-ring (bicyclic) bond motifs is 1. The largest absolute Gasteiger partial charge is 0.381 e. The molecule has 4 aliphatic rings. The molecule has 1 aromatic rings. The fourth-order valence-corrected chi connectivity index (χ4v) is 5.80. The molecule has 3 aliphatic heterocycles. The summed E-state index contributed by atoms with van der Waals surface area (Å²) in [6.45, 7) is 6.17. The van der Waals surface area contributed by atoms with Crippen molar-refractivity contribution in [3.8, 4) is 0 Å². The van der Waals surface area contributed by atoms with Gasteiger partial charge < -0.3 is 19.7 Å². The first kappa shape index (κ1) is 21.8. The number of likely N-dealkylation sites (tertiary alicyclic amines) is 1. The van der Waals surface area contributed by atoms with Gasteiger partial charge in [0, 0.05) is 31.1 Å². The van der Waals surface area contributed by atoms with E-state index in [1.807, 2.05) is 9.58 Å². The van der Waals surface area contributed by atoms with Crippen LogP contribution in [0, 0.1) is 11.3 Å². The molecule has 1 saturated carbocycles. The van der Waals surface area contributed by atoms with E-state index in [1.54, 1.807) is 0 Å². The fourth-order valence-electron chi connectivity index (χ4n) is 5.80. The van der Waals surface area contributed by atoms with Gasteiger partial charge in [0.15, 0.2) is 0 Å². The summed E-state index contributed by atoms with van der Waals surface area (Å²) in [6.07, 6.45) is 7.88. The van der Waals surface area contributed by atoms with Crippen molar-refractivity contribution in [3.05, 3.63) is 11.4 Å². The van der Waals surface area contributed by atoms with Crippen molar-refractivity contribution in [3.63, 3.8) is 0 Å². The first-order valence-corrected chi connectivity index (χ1v) is 12.2. The van der Waals surface area contributed by atoms with E-state index < -0.39 is 0 Å². The van der Waals surface area contributed by atoms with Gasteiger partial charge in [-0.3, -0.25) is 9.59 Å². The van der Waals surface area contributed by atoms with Gasteiger partial charge in [-0.25, -0.2) is 4.68 Å². The molecular weight excluding hydrogens is 410 g/mol. The standard InChI is InChI=1S/C23H35N5O4/c1-22(7-3-2-4-8-22)21(30)27-10-9-23(15-27)16-28-19(14-32-23)18(25-26-28)13-24-20(29)17-5-11-31-12-6-17/h17H,2-16H2,1H3,(H,24,29). The van der Waals surface area contributed by atoms with Crippen LogP contribution in [0.1, 0.15) is 69.7 Å². The quantitative estimate of drug-likeness (QED) is 0.759. The number of rotatable bonds is 4. The Kier molecular flexibility index (Phi) is 5.96. The molecule has 32 heavy (non-hydrogen) atoms. The van der Waals surface area contributed by atoms with Crippen LogP contribution in [0.15, 0.2) is 0 Å². The highest BCUT2D eigenvalue weighted by molar-refractivity contribution is 5.83. The van der Waals surface area contributed by atoms with Crippen molar-refractivity contribution in [2.45, 2.75) is 83.6 Å². The van der Waals surface area contributed by atoms with Crippen LogP contribution in [-0.2, 0) is 38.8 Å². The third kappa shape index (κ3) is 4.17. The van der Waals surface area contributed by atoms with E-state index in [1.165, 1.54) is 6.42 Å². The van der Waals surface area contributed by atoms with Crippen molar-refractivity contribution >= 4 is 11.8 Å². The monoisotopic (exact) mass is 445 g/mol. The average molecular weight is 446 g/mol. The average Bonchev–Trinajstić information content (AvgIpc) is 3.42. The highest BCUT2D eigenvalue weighted by Crippen LogP contribution is 2.40. The molecular formula is C23H35N5O4. The molecule has 1 aromatic heterocycles. The van der Waals surface area contributed by atoms with Crippen LogP contribution in [0.4, 0.5) is 0 Å². The molecule has 9 nitrogen and oxygen atoms in total. The molecule has 1 unspecified atom stereocenters. The molecule has 3 fully saturated rings. The fraction of sp³-hybridized carbons (Fsp3) is 0.826. The molecule has 9 heteroatoms. The molecule has 0 aromatic carbocycles. The number of carbonyl (C=O) groups excluding carboxylic acids is 2. The molecule has 2 saturated heterocycles. The van der Waals surface area contributed by atoms with Crippen molar-refractivity contribution < 1.29 is 19.1 Å². The van der Waals surface area contributed by atoms with Crippen LogP contribution in [0.2, 0.25) is 0 Å². The van der Waals surface area contributed by atoms with Crippen molar-refractivity contribution in [2.24, 2.45) is 11.3 Å². The summed E-state index contributed by atoms with van der Waals surface area (Å²) >= 11 is 0. The predicted molar refractivity (Wildman–Crippen MR) is 115 cm³/mol. The third-order valence-corrected chi connectivity index (χ3v) is 7.97. The maximum atomic E-state index is 13.3. The minimum atomic E-state index is -0.385. The van der Waals surface area contributed by atoms with E-state index in [-0.39, 0.29) is 22.8 Å². The van der Waals surface area contributed by atoms with Crippen molar-refractivity contribution in [2.75, 3.05) is 26.3 Å². The summed E-state index contributed by atoms with van der Waals surface area (Å²) in [4.78, 5) is 27.7. The Hall–Kier alpha value is -2.00. The van der Waals surface area contributed by atoms with Crippen LogP contribution in [0.3, 0.4) is 0 Å². The molecule has 176 valence electrons. The molecule has 1 aliphatic carbocycles. The zero-order valence-electron chi connectivity index (χ0n) is 19.1. The molecule has 0 radical (unpaired) electrons. The predicted octanol–water partition coefficient (Wildman–Crippen LogP) is 1.79. The van der Waals surface area contributed by atoms with Gasteiger partial charge >= 0.3 is 0 Å². The number of aromatic nitrogens is 3. The maximum Gasteiger partial charge on any atom is 0.228 e. The Morgan fingerprint density at radius 2 is 1.91 bits per heavy atom. The first-order valence-electron chi connectivity index (χ1n) is 12.2. The van der Waals surface area contributed by atoms with Gasteiger partial charge in [0.1, 0.15) is 11.3 Å². The van der Waals surface area contributed by atoms with E-state index in [0.717, 1.165) is 62.9 Å². The summed E-state index contributed by atoms with van der Waals surface area (Å²) in [7, 11) is 0. The molecule has 0 bridgehead atoms. The van der Waals surface area contributed by atoms with Crippen LogP contribution in [0.25, 0.3) is 0 Å². The van der Waals surface area contributed by atoms with Gasteiger partial charge in [0.2, 0.25) is 11.8 Å². The second-order valence-corrected chi connectivity index (χ2v) is 10.3. The zero-order valence-corrected chi connectivity index (χ0v) is 19.1. The van der Waals surface area contributed by atoms with Gasteiger partial charge in [-0.05, 0) is 32.1 Å². The summed E-state index contributed by atoms with van der Waals surface area (Å²) in [5, 5.41) is 11.7. The van der Waals surface area contributed by atoms with E-state index >= 15 is 0 Å². The Morgan fingerprint density at radius 1 is 1.12 bits per heavy atom. The highest BCUT2D eigenvalue weighted by Gasteiger charge is 2.48. The van der Waals surface area contributed by atoms with Crippen LogP contribution in [-0.4, -0.2) is 63.6 Å². The van der Waals surface area contributed by atoms with Gasteiger partial charge in [-0.1, -0.05) is 31.4 Å². The lowest BCUT2D eigenvalue weighted by atomic mass is 9.74. The zero-order chi connectivity index (χ0) is 22.2.